The fourth-order valence-corrected chi connectivity index (χ4v) is 2.48. The van der Waals surface area contributed by atoms with Crippen LogP contribution in [0.15, 0.2) is 42.0 Å². The molecule has 1 aliphatic heterocycles. The highest BCUT2D eigenvalue weighted by Gasteiger charge is 2.12. The van der Waals surface area contributed by atoms with Crippen LogP contribution in [0.3, 0.4) is 0 Å². The van der Waals surface area contributed by atoms with Gasteiger partial charge >= 0.3 is 0 Å². The Morgan fingerprint density at radius 1 is 1.38 bits per heavy atom. The second-order valence-electron chi connectivity index (χ2n) is 5.38. The molecule has 0 atom stereocenters. The second kappa shape index (κ2) is 10.7. The Labute approximate surface area is 148 Å². The van der Waals surface area contributed by atoms with E-state index < -0.39 is 0 Å². The third-order valence-electron chi connectivity index (χ3n) is 3.61. The van der Waals surface area contributed by atoms with Crippen molar-refractivity contribution >= 4 is 23.5 Å². The molecule has 0 bridgehead atoms. The van der Waals surface area contributed by atoms with Crippen LogP contribution >= 0.6 is 12.2 Å². The van der Waals surface area contributed by atoms with Crippen LogP contribution in [0.5, 0.6) is 5.75 Å². The van der Waals surface area contributed by atoms with E-state index in [-0.39, 0.29) is 0 Å². The van der Waals surface area contributed by atoms with Gasteiger partial charge in [0.15, 0.2) is 5.11 Å². The molecule has 0 amide bonds. The van der Waals surface area contributed by atoms with Crippen LogP contribution in [0.25, 0.3) is 0 Å². The summed E-state index contributed by atoms with van der Waals surface area (Å²) in [5.74, 6) is 0.762. The van der Waals surface area contributed by atoms with Gasteiger partial charge in [-0.1, -0.05) is 24.8 Å². The van der Waals surface area contributed by atoms with Crippen molar-refractivity contribution in [3.63, 3.8) is 0 Å². The van der Waals surface area contributed by atoms with Gasteiger partial charge in [-0.05, 0) is 24.4 Å². The molecule has 7 heteroatoms. The molecule has 0 radical (unpaired) electrons. The minimum atomic E-state index is 0.460. The first kappa shape index (κ1) is 18.4. The zero-order chi connectivity index (χ0) is 17.0. The van der Waals surface area contributed by atoms with Gasteiger partial charge in [0.2, 0.25) is 0 Å². The average Bonchev–Trinajstić information content (AvgIpc) is 2.62. The van der Waals surface area contributed by atoms with Crippen LogP contribution in [-0.4, -0.2) is 57.3 Å². The van der Waals surface area contributed by atoms with Crippen molar-refractivity contribution < 1.29 is 14.4 Å². The Morgan fingerprint density at radius 2 is 2.17 bits per heavy atom. The maximum atomic E-state index is 5.58. The van der Waals surface area contributed by atoms with Gasteiger partial charge in [-0.3, -0.25) is 5.43 Å². The third-order valence-corrected chi connectivity index (χ3v) is 3.85. The molecule has 1 fully saturated rings. The highest BCUT2D eigenvalue weighted by Crippen LogP contribution is 2.15. The van der Waals surface area contributed by atoms with Crippen molar-refractivity contribution in [2.45, 2.75) is 0 Å². The van der Waals surface area contributed by atoms with Gasteiger partial charge in [0.1, 0.15) is 25.4 Å². The molecule has 0 spiro atoms. The zero-order valence-electron chi connectivity index (χ0n) is 13.8. The standard InChI is InChI=1S/C17H24N4O2S/c1-2-11-23-16-6-4-3-5-15(16)14-19-20-17(24)18-7-8-21-9-12-22-13-10-21/h2-6,14H,1,7-13H2,(H2,18,20,24)/p+1/b19-14-. The fourth-order valence-electron chi connectivity index (χ4n) is 2.33. The van der Waals surface area contributed by atoms with Crippen molar-refractivity contribution in [3.05, 3.63) is 42.5 Å². The smallest absolute Gasteiger partial charge is 0.187 e. The summed E-state index contributed by atoms with van der Waals surface area (Å²) in [5.41, 5.74) is 3.71. The van der Waals surface area contributed by atoms with E-state index in [9.17, 15) is 0 Å². The van der Waals surface area contributed by atoms with E-state index in [1.807, 2.05) is 24.3 Å². The van der Waals surface area contributed by atoms with Crippen LogP contribution in [0, 0.1) is 0 Å². The number of ether oxygens (including phenoxy) is 2. The van der Waals surface area contributed by atoms with Crippen molar-refractivity contribution in [2.24, 2.45) is 5.10 Å². The zero-order valence-corrected chi connectivity index (χ0v) is 14.6. The van der Waals surface area contributed by atoms with Crippen LogP contribution < -0.4 is 20.4 Å². The SMILES string of the molecule is C=CCOc1ccccc1/C=N\NC(=S)NCC[NH+]1CCOCC1. The van der Waals surface area contributed by atoms with Gasteiger partial charge in [-0.25, -0.2) is 0 Å². The molecule has 0 saturated carbocycles. The van der Waals surface area contributed by atoms with Crippen LogP contribution in [-0.2, 0) is 4.74 Å². The third kappa shape index (κ3) is 6.66. The normalized spacial score (nSPS) is 15.2. The van der Waals surface area contributed by atoms with Crippen molar-refractivity contribution in [1.82, 2.24) is 10.7 Å². The molecule has 0 unspecified atom stereocenters. The molecule has 130 valence electrons. The first-order valence-electron chi connectivity index (χ1n) is 8.10. The lowest BCUT2D eigenvalue weighted by Gasteiger charge is -2.23. The highest BCUT2D eigenvalue weighted by molar-refractivity contribution is 7.80. The summed E-state index contributed by atoms with van der Waals surface area (Å²) in [5, 5.41) is 7.85. The van der Waals surface area contributed by atoms with E-state index in [0.717, 1.165) is 50.7 Å². The van der Waals surface area contributed by atoms with E-state index in [2.05, 4.69) is 22.4 Å². The van der Waals surface area contributed by atoms with Gasteiger partial charge < -0.3 is 19.7 Å². The molecule has 1 aromatic carbocycles. The van der Waals surface area contributed by atoms with Gasteiger partial charge in [0.25, 0.3) is 0 Å². The average molecular weight is 349 g/mol. The minimum Gasteiger partial charge on any atom is -0.489 e. The number of rotatable bonds is 8. The first-order valence-corrected chi connectivity index (χ1v) is 8.51. The summed E-state index contributed by atoms with van der Waals surface area (Å²) < 4.78 is 10.9. The van der Waals surface area contributed by atoms with E-state index >= 15 is 0 Å². The number of para-hydroxylation sites is 1. The number of hydrogen-bond acceptors (Lipinski definition) is 4. The Balaban J connectivity index is 1.70. The van der Waals surface area contributed by atoms with Crippen molar-refractivity contribution in [2.75, 3.05) is 46.0 Å². The predicted molar refractivity (Wildman–Crippen MR) is 99.8 cm³/mol. The lowest BCUT2D eigenvalue weighted by molar-refractivity contribution is -0.906. The maximum absolute atomic E-state index is 5.58. The summed E-state index contributed by atoms with van der Waals surface area (Å²) in [4.78, 5) is 1.54. The van der Waals surface area contributed by atoms with Crippen molar-refractivity contribution in [1.29, 1.82) is 0 Å². The van der Waals surface area contributed by atoms with Gasteiger partial charge in [-0.15, -0.1) is 0 Å². The Hall–Kier alpha value is -1.96. The lowest BCUT2D eigenvalue weighted by Crippen LogP contribution is -3.14. The first-order chi connectivity index (χ1) is 11.8. The summed E-state index contributed by atoms with van der Waals surface area (Å²) in [7, 11) is 0. The van der Waals surface area contributed by atoms with Crippen molar-refractivity contribution in [3.8, 4) is 5.75 Å². The van der Waals surface area contributed by atoms with Gasteiger partial charge in [-0.2, -0.15) is 5.10 Å². The van der Waals surface area contributed by atoms with E-state index in [0.29, 0.717) is 11.7 Å². The monoisotopic (exact) mass is 349 g/mol. The van der Waals surface area contributed by atoms with Gasteiger partial charge in [0, 0.05) is 5.56 Å². The molecule has 1 aromatic rings. The number of quaternary nitrogens is 1. The molecule has 6 nitrogen and oxygen atoms in total. The molecule has 24 heavy (non-hydrogen) atoms. The number of nitrogens with one attached hydrogen (secondary N) is 3. The minimum absolute atomic E-state index is 0.460. The summed E-state index contributed by atoms with van der Waals surface area (Å²) in [6.45, 7) is 9.74. The largest absolute Gasteiger partial charge is 0.489 e. The van der Waals surface area contributed by atoms with Gasteiger partial charge in [0.05, 0.1) is 32.5 Å². The summed E-state index contributed by atoms with van der Waals surface area (Å²) in [6, 6.07) is 7.68. The molecular formula is C17H25N4O2S+. The number of morpholine rings is 1. The fraction of sp³-hybridized carbons (Fsp3) is 0.412. The summed E-state index contributed by atoms with van der Waals surface area (Å²) in [6.07, 6.45) is 3.40. The molecule has 1 heterocycles. The Morgan fingerprint density at radius 3 is 2.96 bits per heavy atom. The predicted octanol–water partition coefficient (Wildman–Crippen LogP) is -0.0355. The number of thiocarbonyl (C=S) groups is 1. The second-order valence-corrected chi connectivity index (χ2v) is 5.78. The molecule has 0 aromatic heterocycles. The highest BCUT2D eigenvalue weighted by atomic mass is 32.1. The number of nitrogens with zero attached hydrogens (tertiary/aromatic N) is 1. The Kier molecular flexibility index (Phi) is 8.23. The molecule has 1 saturated heterocycles. The van der Waals surface area contributed by atoms with Crippen LogP contribution in [0.1, 0.15) is 5.56 Å². The number of benzene rings is 1. The van der Waals surface area contributed by atoms with E-state index in [1.165, 1.54) is 4.90 Å². The molecule has 2 rings (SSSR count). The molecule has 3 N–H and O–H groups in total. The lowest BCUT2D eigenvalue weighted by atomic mass is 10.2. The number of hydrazone groups is 1. The maximum Gasteiger partial charge on any atom is 0.187 e. The van der Waals surface area contributed by atoms with E-state index in [4.69, 9.17) is 21.7 Å². The molecule has 0 aliphatic carbocycles. The van der Waals surface area contributed by atoms with Crippen LogP contribution in [0.4, 0.5) is 0 Å². The molecule has 1 aliphatic rings. The topological polar surface area (TPSA) is 59.3 Å². The van der Waals surface area contributed by atoms with Crippen LogP contribution in [0.2, 0.25) is 0 Å². The van der Waals surface area contributed by atoms with E-state index in [1.54, 1.807) is 12.3 Å². The Bertz CT molecular complexity index is 559. The number of hydrogen-bond donors (Lipinski definition) is 3. The molecular weight excluding hydrogens is 324 g/mol. The summed E-state index contributed by atoms with van der Waals surface area (Å²) >= 11 is 5.22. The quantitative estimate of drug-likeness (QED) is 0.266.